The van der Waals surface area contributed by atoms with Gasteiger partial charge in [0.25, 0.3) is 0 Å². The van der Waals surface area contributed by atoms with E-state index in [1.54, 1.807) is 42.5 Å². The first kappa shape index (κ1) is 23.1. The molecule has 0 aromatic heterocycles. The Morgan fingerprint density at radius 2 is 1.55 bits per heavy atom. The molecule has 0 saturated carbocycles. The summed E-state index contributed by atoms with van der Waals surface area (Å²) in [5, 5.41) is 0.249. The Kier molecular flexibility index (Phi) is 6.34. The smallest absolute Gasteiger partial charge is 0.315 e. The highest BCUT2D eigenvalue weighted by atomic mass is 35.5. The number of imide groups is 1. The van der Waals surface area contributed by atoms with E-state index < -0.39 is 18.8 Å². The van der Waals surface area contributed by atoms with Crippen LogP contribution in [0.1, 0.15) is 25.7 Å². The van der Waals surface area contributed by atoms with Crippen molar-refractivity contribution in [3.05, 3.63) is 47.5 Å². The van der Waals surface area contributed by atoms with E-state index in [-0.39, 0.29) is 36.2 Å². The lowest BCUT2D eigenvalue weighted by Crippen LogP contribution is -2.52. The van der Waals surface area contributed by atoms with Crippen molar-refractivity contribution >= 4 is 40.8 Å². The van der Waals surface area contributed by atoms with Gasteiger partial charge in [-0.25, -0.2) is 9.69 Å². The van der Waals surface area contributed by atoms with Crippen molar-refractivity contribution in [2.24, 2.45) is 0 Å². The molecule has 0 atom stereocenters. The summed E-state index contributed by atoms with van der Waals surface area (Å²) in [6.07, 6.45) is -2.97. The molecule has 2 aromatic carbocycles. The van der Waals surface area contributed by atoms with Gasteiger partial charge in [0.2, 0.25) is 11.8 Å². The highest BCUT2D eigenvalue weighted by Gasteiger charge is 2.36. The van der Waals surface area contributed by atoms with Crippen LogP contribution in [-0.4, -0.2) is 48.6 Å². The zero-order valence-electron chi connectivity index (χ0n) is 17.6. The molecule has 2 heterocycles. The standard InChI is InChI=1S/C23H21ClF3N3O3/c24-21-17(4-1-5-18(21)30-19(31)6-2-7-20(30)32)15-8-10-16(11-9-15)29-13-3-12-28(22(29)33)14-23(25,26)27/h1,4-5,8-11H,2-3,6-7,12-14H2. The van der Waals surface area contributed by atoms with Gasteiger partial charge >= 0.3 is 12.2 Å². The molecule has 0 spiro atoms. The largest absolute Gasteiger partial charge is 0.406 e. The number of hydrogen-bond acceptors (Lipinski definition) is 3. The molecular formula is C23H21ClF3N3O3. The predicted octanol–water partition coefficient (Wildman–Crippen LogP) is 5.24. The number of amides is 4. The number of rotatable bonds is 4. The average molecular weight is 480 g/mol. The quantitative estimate of drug-likeness (QED) is 0.563. The molecule has 2 aliphatic rings. The van der Waals surface area contributed by atoms with Gasteiger partial charge in [0, 0.05) is 37.2 Å². The Morgan fingerprint density at radius 3 is 2.18 bits per heavy atom. The summed E-state index contributed by atoms with van der Waals surface area (Å²) in [6, 6.07) is 11.1. The third kappa shape index (κ3) is 4.83. The molecule has 4 amide bonds. The number of carbonyl (C=O) groups is 3. The molecule has 2 aromatic rings. The topological polar surface area (TPSA) is 60.9 Å². The second kappa shape index (κ2) is 9.05. The second-order valence-corrected chi connectivity index (χ2v) is 8.36. The number of nitrogens with zero attached hydrogens (tertiary/aromatic N) is 3. The summed E-state index contributed by atoms with van der Waals surface area (Å²) in [7, 11) is 0. The number of halogens is 4. The maximum absolute atomic E-state index is 12.8. The lowest BCUT2D eigenvalue weighted by Gasteiger charge is -2.36. The monoisotopic (exact) mass is 479 g/mol. The molecule has 33 heavy (non-hydrogen) atoms. The van der Waals surface area contributed by atoms with Crippen LogP contribution in [0.5, 0.6) is 0 Å². The first-order valence-corrected chi connectivity index (χ1v) is 10.9. The average Bonchev–Trinajstić information content (AvgIpc) is 2.76. The van der Waals surface area contributed by atoms with Crippen molar-refractivity contribution in [1.29, 1.82) is 0 Å². The van der Waals surface area contributed by atoms with Gasteiger partial charge in [-0.1, -0.05) is 35.9 Å². The first-order valence-electron chi connectivity index (χ1n) is 10.5. The zero-order valence-corrected chi connectivity index (χ0v) is 18.3. The SMILES string of the molecule is O=C1N(CC(F)(F)F)CCCN1c1ccc(-c2cccc(N3C(=O)CCCC3=O)c2Cl)cc1. The van der Waals surface area contributed by atoms with Crippen molar-refractivity contribution in [2.75, 3.05) is 29.4 Å². The number of piperidine rings is 1. The minimum Gasteiger partial charge on any atom is -0.315 e. The van der Waals surface area contributed by atoms with E-state index in [0.29, 0.717) is 41.9 Å². The van der Waals surface area contributed by atoms with E-state index >= 15 is 0 Å². The van der Waals surface area contributed by atoms with Gasteiger partial charge in [0.1, 0.15) is 6.54 Å². The van der Waals surface area contributed by atoms with Crippen LogP contribution in [0.2, 0.25) is 5.02 Å². The second-order valence-electron chi connectivity index (χ2n) is 7.99. The minimum atomic E-state index is -4.46. The third-order valence-electron chi connectivity index (χ3n) is 5.67. The Balaban J connectivity index is 1.58. The highest BCUT2D eigenvalue weighted by Crippen LogP contribution is 2.38. The first-order chi connectivity index (χ1) is 15.7. The van der Waals surface area contributed by atoms with E-state index in [9.17, 15) is 27.6 Å². The lowest BCUT2D eigenvalue weighted by molar-refractivity contribution is -0.140. The fourth-order valence-electron chi connectivity index (χ4n) is 4.14. The molecule has 0 unspecified atom stereocenters. The van der Waals surface area contributed by atoms with Crippen molar-refractivity contribution < 1.29 is 27.6 Å². The summed E-state index contributed by atoms with van der Waals surface area (Å²) in [6.45, 7) is -0.901. The Bertz CT molecular complexity index is 1070. The highest BCUT2D eigenvalue weighted by molar-refractivity contribution is 6.37. The summed E-state index contributed by atoms with van der Waals surface area (Å²) in [5.74, 6) is -0.597. The van der Waals surface area contributed by atoms with Gasteiger partial charge in [0.05, 0.1) is 10.7 Å². The van der Waals surface area contributed by atoms with E-state index in [4.69, 9.17) is 11.6 Å². The fraction of sp³-hybridized carbons (Fsp3) is 0.348. The van der Waals surface area contributed by atoms with Gasteiger partial charge in [-0.2, -0.15) is 13.2 Å². The lowest BCUT2D eigenvalue weighted by atomic mass is 10.0. The molecule has 0 N–H and O–H groups in total. The van der Waals surface area contributed by atoms with Crippen LogP contribution in [0.4, 0.5) is 29.3 Å². The summed E-state index contributed by atoms with van der Waals surface area (Å²) < 4.78 is 38.3. The minimum absolute atomic E-state index is 0.0588. The van der Waals surface area contributed by atoms with Gasteiger partial charge < -0.3 is 4.90 Å². The number of carbonyl (C=O) groups excluding carboxylic acids is 3. The molecule has 2 fully saturated rings. The Hall–Kier alpha value is -3.07. The predicted molar refractivity (Wildman–Crippen MR) is 118 cm³/mol. The fourth-order valence-corrected chi connectivity index (χ4v) is 4.46. The van der Waals surface area contributed by atoms with Gasteiger partial charge in [-0.15, -0.1) is 0 Å². The Labute approximate surface area is 193 Å². The van der Waals surface area contributed by atoms with Crippen LogP contribution in [0.15, 0.2) is 42.5 Å². The molecule has 10 heteroatoms. The van der Waals surface area contributed by atoms with Crippen LogP contribution in [0.25, 0.3) is 11.1 Å². The Morgan fingerprint density at radius 1 is 0.879 bits per heavy atom. The molecule has 0 aliphatic carbocycles. The molecule has 174 valence electrons. The number of benzene rings is 2. The maximum atomic E-state index is 12.8. The number of urea groups is 1. The van der Waals surface area contributed by atoms with Crippen molar-refractivity contribution in [3.63, 3.8) is 0 Å². The van der Waals surface area contributed by atoms with Crippen LogP contribution in [0.3, 0.4) is 0 Å². The van der Waals surface area contributed by atoms with E-state index in [1.807, 2.05) is 0 Å². The summed E-state index contributed by atoms with van der Waals surface area (Å²) >= 11 is 6.58. The van der Waals surface area contributed by atoms with Crippen LogP contribution in [-0.2, 0) is 9.59 Å². The number of alkyl halides is 3. The molecule has 2 saturated heterocycles. The van der Waals surface area contributed by atoms with Crippen molar-refractivity contribution in [2.45, 2.75) is 31.9 Å². The maximum Gasteiger partial charge on any atom is 0.406 e. The molecule has 2 aliphatic heterocycles. The van der Waals surface area contributed by atoms with E-state index in [0.717, 1.165) is 9.80 Å². The van der Waals surface area contributed by atoms with E-state index in [1.165, 1.54) is 4.90 Å². The molecule has 4 rings (SSSR count). The van der Waals surface area contributed by atoms with Crippen LogP contribution < -0.4 is 9.80 Å². The normalized spacial score (nSPS) is 17.7. The van der Waals surface area contributed by atoms with Crippen LogP contribution in [0, 0.1) is 0 Å². The van der Waals surface area contributed by atoms with Crippen molar-refractivity contribution in [3.8, 4) is 11.1 Å². The zero-order chi connectivity index (χ0) is 23.8. The number of anilines is 2. The van der Waals surface area contributed by atoms with Gasteiger partial charge in [-0.05, 0) is 36.6 Å². The van der Waals surface area contributed by atoms with Gasteiger partial charge in [-0.3, -0.25) is 14.5 Å². The third-order valence-corrected chi connectivity index (χ3v) is 6.07. The molecule has 6 nitrogen and oxygen atoms in total. The number of hydrogen-bond donors (Lipinski definition) is 0. The molecule has 0 radical (unpaired) electrons. The molecule has 0 bridgehead atoms. The van der Waals surface area contributed by atoms with Gasteiger partial charge in [0.15, 0.2) is 0 Å². The van der Waals surface area contributed by atoms with Crippen LogP contribution >= 0.6 is 11.6 Å². The van der Waals surface area contributed by atoms with E-state index in [2.05, 4.69) is 0 Å². The van der Waals surface area contributed by atoms with Crippen molar-refractivity contribution in [1.82, 2.24) is 4.90 Å². The summed E-state index contributed by atoms with van der Waals surface area (Å²) in [5.41, 5.74) is 2.07. The molecular weight excluding hydrogens is 459 g/mol. The summed E-state index contributed by atoms with van der Waals surface area (Å²) in [4.78, 5) is 40.4.